The smallest absolute Gasteiger partial charge is 0.261 e. The summed E-state index contributed by atoms with van der Waals surface area (Å²) in [5, 5.41) is 17.1. The van der Waals surface area contributed by atoms with Crippen molar-refractivity contribution < 1.29 is 14.6 Å². The van der Waals surface area contributed by atoms with Gasteiger partial charge in [0.25, 0.3) is 5.91 Å². The van der Waals surface area contributed by atoms with Gasteiger partial charge in [-0.1, -0.05) is 23.7 Å². The number of thiazole rings is 1. The number of aromatic hydroxyl groups is 1. The van der Waals surface area contributed by atoms with Crippen molar-refractivity contribution in [1.82, 2.24) is 10.3 Å². The highest BCUT2D eigenvalue weighted by Crippen LogP contribution is 2.36. The largest absolute Gasteiger partial charge is 0.507 e. The number of para-hydroxylation sites is 1. The van der Waals surface area contributed by atoms with E-state index in [1.54, 1.807) is 30.3 Å². The molecule has 0 saturated heterocycles. The molecule has 0 spiro atoms. The zero-order valence-electron chi connectivity index (χ0n) is 16.2. The molecule has 0 saturated carbocycles. The zero-order valence-corrected chi connectivity index (χ0v) is 18.6. The van der Waals surface area contributed by atoms with Crippen molar-refractivity contribution in [3.63, 3.8) is 0 Å². The Balaban J connectivity index is 1.53. The van der Waals surface area contributed by atoms with Gasteiger partial charge in [0.05, 0.1) is 28.5 Å². The van der Waals surface area contributed by atoms with Crippen LogP contribution in [0.3, 0.4) is 0 Å². The van der Waals surface area contributed by atoms with Gasteiger partial charge in [0.2, 0.25) is 0 Å². The van der Waals surface area contributed by atoms with E-state index in [9.17, 15) is 9.90 Å². The molecule has 0 unspecified atom stereocenters. The lowest BCUT2D eigenvalue weighted by Crippen LogP contribution is -2.34. The first-order valence-electron chi connectivity index (χ1n) is 9.09. The second-order valence-electron chi connectivity index (χ2n) is 6.47. The van der Waals surface area contributed by atoms with Gasteiger partial charge in [-0.3, -0.25) is 10.1 Å². The number of halogens is 1. The van der Waals surface area contributed by atoms with Gasteiger partial charge in [-0.15, -0.1) is 11.3 Å². The molecule has 31 heavy (non-hydrogen) atoms. The Kier molecular flexibility index (Phi) is 6.03. The average Bonchev–Trinajstić information content (AvgIpc) is 3.19. The fourth-order valence-corrected chi connectivity index (χ4v) is 4.34. The van der Waals surface area contributed by atoms with Crippen LogP contribution in [0.5, 0.6) is 11.5 Å². The number of hydrogen-bond acceptors (Lipinski definition) is 6. The highest BCUT2D eigenvalue weighted by molar-refractivity contribution is 7.80. The van der Waals surface area contributed by atoms with E-state index in [1.807, 2.05) is 24.3 Å². The molecule has 1 heterocycles. The molecule has 156 valence electrons. The van der Waals surface area contributed by atoms with E-state index in [-0.39, 0.29) is 16.4 Å². The monoisotopic (exact) mass is 469 g/mol. The topological polar surface area (TPSA) is 83.5 Å². The molecule has 0 bridgehead atoms. The summed E-state index contributed by atoms with van der Waals surface area (Å²) in [5.41, 5.74) is 2.28. The molecule has 0 aliphatic heterocycles. The summed E-state index contributed by atoms with van der Waals surface area (Å²) >= 11 is 12.7. The number of fused-ring (bicyclic) bond motifs is 1. The minimum Gasteiger partial charge on any atom is -0.507 e. The first-order chi connectivity index (χ1) is 14.9. The quantitative estimate of drug-likeness (QED) is 0.272. The molecular weight excluding hydrogens is 454 g/mol. The van der Waals surface area contributed by atoms with Crippen molar-refractivity contribution in [3.05, 3.63) is 71.2 Å². The second-order valence-corrected chi connectivity index (χ2v) is 8.35. The van der Waals surface area contributed by atoms with E-state index in [1.165, 1.54) is 24.5 Å². The Hall–Kier alpha value is -3.20. The van der Waals surface area contributed by atoms with E-state index in [0.29, 0.717) is 27.0 Å². The third-order valence-corrected chi connectivity index (χ3v) is 5.92. The number of benzene rings is 3. The van der Waals surface area contributed by atoms with Crippen LogP contribution >= 0.6 is 35.2 Å². The Bertz CT molecular complexity index is 1270. The van der Waals surface area contributed by atoms with E-state index in [0.717, 1.165) is 10.2 Å². The van der Waals surface area contributed by atoms with Crippen molar-refractivity contribution in [1.29, 1.82) is 0 Å². The number of amides is 1. The van der Waals surface area contributed by atoms with Crippen molar-refractivity contribution in [2.45, 2.75) is 0 Å². The van der Waals surface area contributed by atoms with Gasteiger partial charge in [-0.25, -0.2) is 4.98 Å². The average molecular weight is 470 g/mol. The lowest BCUT2D eigenvalue weighted by molar-refractivity contribution is 0.0975. The van der Waals surface area contributed by atoms with Crippen LogP contribution in [0, 0.1) is 0 Å². The van der Waals surface area contributed by atoms with Crippen LogP contribution in [-0.4, -0.2) is 28.2 Å². The Morgan fingerprint density at radius 3 is 2.74 bits per heavy atom. The summed E-state index contributed by atoms with van der Waals surface area (Å²) in [7, 11) is 1.47. The summed E-state index contributed by atoms with van der Waals surface area (Å²) in [6.45, 7) is 0. The van der Waals surface area contributed by atoms with Crippen LogP contribution in [0.4, 0.5) is 5.69 Å². The number of hydrogen-bond donors (Lipinski definition) is 3. The normalized spacial score (nSPS) is 10.6. The highest BCUT2D eigenvalue weighted by Gasteiger charge is 2.16. The fraction of sp³-hybridized carbons (Fsp3) is 0.0455. The van der Waals surface area contributed by atoms with Crippen LogP contribution < -0.4 is 15.4 Å². The molecule has 3 aromatic carbocycles. The third kappa shape index (κ3) is 4.61. The molecule has 0 fully saturated rings. The maximum Gasteiger partial charge on any atom is 0.261 e. The van der Waals surface area contributed by atoms with Crippen LogP contribution in [0.15, 0.2) is 60.7 Å². The number of anilines is 1. The summed E-state index contributed by atoms with van der Waals surface area (Å²) in [6.07, 6.45) is 0. The molecule has 0 radical (unpaired) electrons. The molecular formula is C22H16ClN3O3S2. The number of carbonyl (C=O) groups is 1. The number of aromatic nitrogens is 1. The van der Waals surface area contributed by atoms with Crippen LogP contribution in [0.25, 0.3) is 20.8 Å². The number of ether oxygens (including phenoxy) is 1. The van der Waals surface area contributed by atoms with Gasteiger partial charge in [-0.2, -0.15) is 0 Å². The van der Waals surface area contributed by atoms with E-state index in [4.69, 9.17) is 28.6 Å². The standard InChI is InChI=1S/C22H16ClN3O3S2/c1-29-18-9-6-12(23)10-15(18)20(28)26-22(30)24-13-7-8-17(27)14(11-13)21-25-16-4-2-3-5-19(16)31-21/h2-11,27H,1H3,(H2,24,26,28,30). The number of thiocarbonyl (C=S) groups is 1. The molecule has 3 N–H and O–H groups in total. The number of rotatable bonds is 4. The number of phenolic OH excluding ortho intramolecular Hbond substituents is 1. The lowest BCUT2D eigenvalue weighted by Gasteiger charge is -2.13. The molecule has 0 aliphatic rings. The van der Waals surface area contributed by atoms with Crippen molar-refractivity contribution in [2.24, 2.45) is 0 Å². The predicted molar refractivity (Wildman–Crippen MR) is 128 cm³/mol. The van der Waals surface area contributed by atoms with Crippen molar-refractivity contribution >= 4 is 62.1 Å². The third-order valence-electron chi connectivity index (χ3n) is 4.41. The summed E-state index contributed by atoms with van der Waals surface area (Å²) < 4.78 is 6.23. The second kappa shape index (κ2) is 8.89. The Morgan fingerprint density at radius 1 is 1.16 bits per heavy atom. The highest BCUT2D eigenvalue weighted by atomic mass is 35.5. The van der Waals surface area contributed by atoms with Crippen molar-refractivity contribution in [3.8, 4) is 22.1 Å². The maximum atomic E-state index is 12.6. The van der Waals surface area contributed by atoms with Gasteiger partial charge in [-0.05, 0) is 60.7 Å². The zero-order chi connectivity index (χ0) is 22.0. The SMILES string of the molecule is COc1ccc(Cl)cc1C(=O)NC(=S)Nc1ccc(O)c(-c2nc3ccccc3s2)c1. The number of phenols is 1. The lowest BCUT2D eigenvalue weighted by atomic mass is 10.2. The fourth-order valence-electron chi connectivity index (χ4n) is 2.96. The number of carbonyl (C=O) groups excluding carboxylic acids is 1. The molecule has 0 atom stereocenters. The van der Waals surface area contributed by atoms with E-state index >= 15 is 0 Å². The molecule has 4 aromatic rings. The molecule has 4 rings (SSSR count). The molecule has 6 nitrogen and oxygen atoms in total. The molecule has 1 aromatic heterocycles. The first-order valence-corrected chi connectivity index (χ1v) is 10.7. The summed E-state index contributed by atoms with van der Waals surface area (Å²) in [5.74, 6) is 0.0257. The van der Waals surface area contributed by atoms with Crippen LogP contribution in [0.2, 0.25) is 5.02 Å². The predicted octanol–water partition coefficient (Wildman–Crippen LogP) is 5.46. The minimum absolute atomic E-state index is 0.0907. The minimum atomic E-state index is -0.456. The Morgan fingerprint density at radius 2 is 1.97 bits per heavy atom. The Labute approximate surface area is 192 Å². The first kappa shape index (κ1) is 21.0. The van der Waals surface area contributed by atoms with Gasteiger partial charge in [0.1, 0.15) is 16.5 Å². The van der Waals surface area contributed by atoms with Gasteiger partial charge in [0.15, 0.2) is 5.11 Å². The summed E-state index contributed by atoms with van der Waals surface area (Å²) in [6, 6.07) is 17.4. The van der Waals surface area contributed by atoms with Crippen molar-refractivity contribution in [2.75, 3.05) is 12.4 Å². The number of methoxy groups -OCH3 is 1. The van der Waals surface area contributed by atoms with Crippen LogP contribution in [-0.2, 0) is 0 Å². The van der Waals surface area contributed by atoms with E-state index in [2.05, 4.69) is 15.6 Å². The van der Waals surface area contributed by atoms with Gasteiger partial charge in [0, 0.05) is 10.7 Å². The van der Waals surface area contributed by atoms with Crippen LogP contribution in [0.1, 0.15) is 10.4 Å². The molecule has 0 aliphatic carbocycles. The maximum absolute atomic E-state index is 12.6. The number of nitrogens with one attached hydrogen (secondary N) is 2. The van der Waals surface area contributed by atoms with Gasteiger partial charge >= 0.3 is 0 Å². The molecule has 1 amide bonds. The number of nitrogens with zero attached hydrogens (tertiary/aromatic N) is 1. The summed E-state index contributed by atoms with van der Waals surface area (Å²) in [4.78, 5) is 17.2. The van der Waals surface area contributed by atoms with E-state index < -0.39 is 5.91 Å². The molecule has 9 heteroatoms. The van der Waals surface area contributed by atoms with Gasteiger partial charge < -0.3 is 15.2 Å².